The first-order chi connectivity index (χ1) is 12.1. The van der Waals surface area contributed by atoms with Crippen molar-refractivity contribution < 1.29 is 19.1 Å². The SMILES string of the molecule is COC(=O)c1cn(CC(=O)OCc2ccc(C)cc2)c2ccccc12. The van der Waals surface area contributed by atoms with Gasteiger partial charge in [-0.1, -0.05) is 48.0 Å². The van der Waals surface area contributed by atoms with Crippen LogP contribution in [-0.2, 0) is 27.4 Å². The number of methoxy groups -OCH3 is 1. The van der Waals surface area contributed by atoms with Gasteiger partial charge in [0.2, 0.25) is 0 Å². The van der Waals surface area contributed by atoms with Crippen LogP contribution >= 0.6 is 0 Å². The molecule has 5 heteroatoms. The highest BCUT2D eigenvalue weighted by molar-refractivity contribution is 6.04. The standard InChI is InChI=1S/C20H19NO4/c1-14-7-9-15(10-8-14)13-25-19(22)12-21-11-17(20(23)24-2)16-5-3-4-6-18(16)21/h3-11H,12-13H2,1-2H3. The van der Waals surface area contributed by atoms with Gasteiger partial charge in [0.25, 0.3) is 0 Å². The number of fused-ring (bicyclic) bond motifs is 1. The van der Waals surface area contributed by atoms with Crippen LogP contribution < -0.4 is 0 Å². The number of carbonyl (C=O) groups excluding carboxylic acids is 2. The van der Waals surface area contributed by atoms with Crippen molar-refractivity contribution in [1.29, 1.82) is 0 Å². The topological polar surface area (TPSA) is 57.5 Å². The summed E-state index contributed by atoms with van der Waals surface area (Å²) in [7, 11) is 1.34. The zero-order chi connectivity index (χ0) is 17.8. The molecule has 0 radical (unpaired) electrons. The molecule has 0 saturated heterocycles. The van der Waals surface area contributed by atoms with E-state index in [9.17, 15) is 9.59 Å². The number of esters is 2. The van der Waals surface area contributed by atoms with Gasteiger partial charge in [-0.3, -0.25) is 4.79 Å². The number of benzene rings is 2. The van der Waals surface area contributed by atoms with E-state index in [1.807, 2.05) is 55.5 Å². The van der Waals surface area contributed by atoms with Gasteiger partial charge < -0.3 is 14.0 Å². The highest BCUT2D eigenvalue weighted by Gasteiger charge is 2.17. The molecule has 0 amide bonds. The summed E-state index contributed by atoms with van der Waals surface area (Å²) in [4.78, 5) is 24.1. The van der Waals surface area contributed by atoms with Crippen molar-refractivity contribution >= 4 is 22.8 Å². The van der Waals surface area contributed by atoms with Crippen LogP contribution in [0.25, 0.3) is 10.9 Å². The number of aryl methyl sites for hydroxylation is 1. The zero-order valence-corrected chi connectivity index (χ0v) is 14.2. The van der Waals surface area contributed by atoms with Gasteiger partial charge >= 0.3 is 11.9 Å². The van der Waals surface area contributed by atoms with Crippen LogP contribution in [0, 0.1) is 6.92 Å². The zero-order valence-electron chi connectivity index (χ0n) is 14.2. The maximum Gasteiger partial charge on any atom is 0.340 e. The van der Waals surface area contributed by atoms with E-state index in [4.69, 9.17) is 9.47 Å². The van der Waals surface area contributed by atoms with E-state index in [1.165, 1.54) is 7.11 Å². The molecule has 0 aliphatic carbocycles. The Hall–Kier alpha value is -3.08. The Kier molecular flexibility index (Phi) is 4.84. The van der Waals surface area contributed by atoms with E-state index < -0.39 is 5.97 Å². The predicted molar refractivity (Wildman–Crippen MR) is 94.3 cm³/mol. The van der Waals surface area contributed by atoms with Gasteiger partial charge in [0.05, 0.1) is 12.7 Å². The highest BCUT2D eigenvalue weighted by atomic mass is 16.5. The summed E-state index contributed by atoms with van der Waals surface area (Å²) in [6.45, 7) is 2.26. The van der Waals surface area contributed by atoms with Crippen molar-refractivity contribution in [3.05, 3.63) is 71.4 Å². The molecule has 25 heavy (non-hydrogen) atoms. The molecule has 0 aliphatic rings. The van der Waals surface area contributed by atoms with Gasteiger partial charge in [0, 0.05) is 17.1 Å². The second kappa shape index (κ2) is 7.21. The Labute approximate surface area is 145 Å². The third-order valence-electron chi connectivity index (χ3n) is 4.01. The Balaban J connectivity index is 1.74. The molecule has 0 N–H and O–H groups in total. The molecule has 0 bridgehead atoms. The van der Waals surface area contributed by atoms with E-state index in [2.05, 4.69) is 0 Å². The van der Waals surface area contributed by atoms with Crippen molar-refractivity contribution in [2.45, 2.75) is 20.1 Å². The first-order valence-electron chi connectivity index (χ1n) is 7.96. The quantitative estimate of drug-likeness (QED) is 0.669. The van der Waals surface area contributed by atoms with Gasteiger partial charge in [0.1, 0.15) is 13.2 Å². The Morgan fingerprint density at radius 1 is 1.04 bits per heavy atom. The first-order valence-corrected chi connectivity index (χ1v) is 7.96. The lowest BCUT2D eigenvalue weighted by Gasteiger charge is -2.07. The summed E-state index contributed by atoms with van der Waals surface area (Å²) in [5.41, 5.74) is 3.32. The second-order valence-corrected chi connectivity index (χ2v) is 5.83. The minimum Gasteiger partial charge on any atom is -0.465 e. The van der Waals surface area contributed by atoms with Crippen LogP contribution in [0.15, 0.2) is 54.7 Å². The van der Waals surface area contributed by atoms with Crippen LogP contribution in [0.4, 0.5) is 0 Å². The number of aromatic nitrogens is 1. The molecule has 0 saturated carbocycles. The number of hydrogen-bond acceptors (Lipinski definition) is 4. The van der Waals surface area contributed by atoms with E-state index in [-0.39, 0.29) is 19.1 Å². The average Bonchev–Trinajstić information content (AvgIpc) is 2.99. The predicted octanol–water partition coefficient (Wildman–Crippen LogP) is 3.48. The molecule has 0 aliphatic heterocycles. The fourth-order valence-electron chi connectivity index (χ4n) is 2.68. The number of nitrogens with zero attached hydrogens (tertiary/aromatic N) is 1. The van der Waals surface area contributed by atoms with Crippen molar-refractivity contribution in [3.63, 3.8) is 0 Å². The number of hydrogen-bond donors (Lipinski definition) is 0. The molecule has 2 aromatic carbocycles. The van der Waals surface area contributed by atoms with Crippen LogP contribution in [0.3, 0.4) is 0 Å². The molecule has 0 unspecified atom stereocenters. The number of ether oxygens (including phenoxy) is 2. The summed E-state index contributed by atoms with van der Waals surface area (Å²) >= 11 is 0. The van der Waals surface area contributed by atoms with E-state index in [1.54, 1.807) is 10.8 Å². The summed E-state index contributed by atoms with van der Waals surface area (Å²) in [5.74, 6) is -0.791. The molecule has 3 aromatic rings. The third kappa shape index (κ3) is 3.71. The van der Waals surface area contributed by atoms with Crippen LogP contribution in [-0.4, -0.2) is 23.6 Å². The molecule has 0 fully saturated rings. The van der Waals surface area contributed by atoms with E-state index >= 15 is 0 Å². The summed E-state index contributed by atoms with van der Waals surface area (Å²) in [6.07, 6.45) is 1.63. The first kappa shape index (κ1) is 16.8. The van der Waals surface area contributed by atoms with E-state index in [0.717, 1.165) is 22.0 Å². The van der Waals surface area contributed by atoms with Crippen molar-refractivity contribution in [3.8, 4) is 0 Å². The maximum absolute atomic E-state index is 12.2. The molecule has 5 nitrogen and oxygen atoms in total. The van der Waals surface area contributed by atoms with Gasteiger partial charge in [0.15, 0.2) is 0 Å². The summed E-state index contributed by atoms with van der Waals surface area (Å²) in [6, 6.07) is 15.2. The highest BCUT2D eigenvalue weighted by Crippen LogP contribution is 2.22. The maximum atomic E-state index is 12.2. The molecule has 0 spiro atoms. The van der Waals surface area contributed by atoms with Crippen LogP contribution in [0.2, 0.25) is 0 Å². The second-order valence-electron chi connectivity index (χ2n) is 5.83. The molecule has 1 aromatic heterocycles. The van der Waals surface area contributed by atoms with Gasteiger partial charge in [-0.2, -0.15) is 0 Å². The average molecular weight is 337 g/mol. The lowest BCUT2D eigenvalue weighted by molar-refractivity contribution is -0.145. The molecule has 128 valence electrons. The van der Waals surface area contributed by atoms with Gasteiger partial charge in [-0.25, -0.2) is 4.79 Å². The van der Waals surface area contributed by atoms with Crippen LogP contribution in [0.1, 0.15) is 21.5 Å². The van der Waals surface area contributed by atoms with Gasteiger partial charge in [-0.05, 0) is 18.6 Å². The Morgan fingerprint density at radius 3 is 2.48 bits per heavy atom. The minimum absolute atomic E-state index is 0.0311. The normalized spacial score (nSPS) is 10.6. The molecule has 0 atom stereocenters. The smallest absolute Gasteiger partial charge is 0.340 e. The van der Waals surface area contributed by atoms with Gasteiger partial charge in [-0.15, -0.1) is 0 Å². The largest absolute Gasteiger partial charge is 0.465 e. The Morgan fingerprint density at radius 2 is 1.76 bits per heavy atom. The van der Waals surface area contributed by atoms with Crippen molar-refractivity contribution in [2.24, 2.45) is 0 Å². The van der Waals surface area contributed by atoms with Crippen LogP contribution in [0.5, 0.6) is 0 Å². The molecule has 3 rings (SSSR count). The molecular formula is C20H19NO4. The third-order valence-corrected chi connectivity index (χ3v) is 4.01. The Bertz CT molecular complexity index is 909. The van der Waals surface area contributed by atoms with Crippen molar-refractivity contribution in [2.75, 3.05) is 7.11 Å². The molecule has 1 heterocycles. The lowest BCUT2D eigenvalue weighted by atomic mass is 10.2. The summed E-state index contributed by atoms with van der Waals surface area (Å²) < 4.78 is 11.9. The fourth-order valence-corrected chi connectivity index (χ4v) is 2.68. The number of carbonyl (C=O) groups is 2. The number of rotatable bonds is 5. The van der Waals surface area contributed by atoms with Crippen molar-refractivity contribution in [1.82, 2.24) is 4.57 Å². The fraction of sp³-hybridized carbons (Fsp3) is 0.200. The summed E-state index contributed by atoms with van der Waals surface area (Å²) in [5, 5.41) is 0.751. The minimum atomic E-state index is -0.428. The van der Waals surface area contributed by atoms with E-state index in [0.29, 0.717) is 5.56 Å². The number of para-hydroxylation sites is 1. The monoisotopic (exact) mass is 337 g/mol. The lowest BCUT2D eigenvalue weighted by Crippen LogP contribution is -2.13. The molecular weight excluding hydrogens is 318 g/mol.